The first-order valence-corrected chi connectivity index (χ1v) is 10.5. The van der Waals surface area contributed by atoms with E-state index in [1.807, 2.05) is 41.3 Å². The van der Waals surface area contributed by atoms with E-state index in [1.165, 1.54) is 0 Å². The first-order valence-electron chi connectivity index (χ1n) is 10.5. The Kier molecular flexibility index (Phi) is 5.47. The number of anilines is 2. The Balaban J connectivity index is 1.48. The van der Waals surface area contributed by atoms with Gasteiger partial charge in [-0.05, 0) is 57.0 Å². The van der Waals surface area contributed by atoms with Gasteiger partial charge in [-0.1, -0.05) is 12.1 Å². The van der Waals surface area contributed by atoms with Crippen LogP contribution >= 0.6 is 0 Å². The number of ether oxygens (including phenoxy) is 1. The summed E-state index contributed by atoms with van der Waals surface area (Å²) in [5, 5.41) is 10.1. The number of carbonyl (C=O) groups excluding carboxylic acids is 1. The van der Waals surface area contributed by atoms with Crippen LogP contribution in [-0.4, -0.2) is 53.0 Å². The lowest BCUT2D eigenvalue weighted by molar-refractivity contribution is 0.207. The molecule has 1 unspecified atom stereocenters. The number of fused-ring (bicyclic) bond motifs is 1. The van der Waals surface area contributed by atoms with Crippen LogP contribution in [0, 0.1) is 0 Å². The maximum Gasteiger partial charge on any atom is 0.317 e. The smallest absolute Gasteiger partial charge is 0.317 e. The summed E-state index contributed by atoms with van der Waals surface area (Å²) in [6, 6.07) is 11.5. The maximum absolute atomic E-state index is 12.9. The van der Waals surface area contributed by atoms with E-state index in [4.69, 9.17) is 9.73 Å². The molecule has 2 aliphatic heterocycles. The molecule has 164 valence electrons. The predicted molar refractivity (Wildman–Crippen MR) is 123 cm³/mol. The highest BCUT2D eigenvalue weighted by Crippen LogP contribution is 2.36. The van der Waals surface area contributed by atoms with Gasteiger partial charge in [-0.15, -0.1) is 0 Å². The summed E-state index contributed by atoms with van der Waals surface area (Å²) >= 11 is 0. The molecule has 1 fully saturated rings. The van der Waals surface area contributed by atoms with Crippen LogP contribution in [0.3, 0.4) is 0 Å². The topological polar surface area (TPSA) is 90.9 Å². The Hall–Kier alpha value is -3.29. The van der Waals surface area contributed by atoms with Gasteiger partial charge >= 0.3 is 6.03 Å². The molecule has 0 aliphatic carbocycles. The second kappa shape index (κ2) is 8.09. The van der Waals surface area contributed by atoms with Crippen LogP contribution in [0.1, 0.15) is 32.8 Å². The maximum atomic E-state index is 12.9. The number of nitrogens with zero attached hydrogens (tertiary/aromatic N) is 3. The number of aliphatic imine (C=N–C) groups is 1. The van der Waals surface area contributed by atoms with Crippen molar-refractivity contribution in [3.8, 4) is 5.75 Å². The molecule has 0 saturated carbocycles. The number of methoxy groups -OCH3 is 1. The van der Waals surface area contributed by atoms with Crippen LogP contribution in [0.2, 0.25) is 0 Å². The quantitative estimate of drug-likeness (QED) is 0.705. The molecular weight excluding hydrogens is 392 g/mol. The van der Waals surface area contributed by atoms with E-state index in [-0.39, 0.29) is 11.6 Å². The molecule has 31 heavy (non-hydrogen) atoms. The number of benzene rings is 1. The highest BCUT2D eigenvalue weighted by Gasteiger charge is 2.47. The number of likely N-dealkylation sites (tertiary alicyclic amines) is 1. The second-order valence-electron chi connectivity index (χ2n) is 9.04. The number of amides is 2. The summed E-state index contributed by atoms with van der Waals surface area (Å²) in [6.07, 6.45) is 2.52. The molecule has 2 aromatic rings. The Morgan fingerprint density at radius 1 is 1.29 bits per heavy atom. The minimum absolute atomic E-state index is 0.0819. The third kappa shape index (κ3) is 4.57. The van der Waals surface area contributed by atoms with Crippen LogP contribution in [0.5, 0.6) is 5.75 Å². The minimum Gasteiger partial charge on any atom is -0.497 e. The summed E-state index contributed by atoms with van der Waals surface area (Å²) < 4.78 is 5.19. The van der Waals surface area contributed by atoms with Crippen molar-refractivity contribution in [1.29, 1.82) is 0 Å². The molecule has 1 spiro atoms. The molecule has 4 rings (SSSR count). The van der Waals surface area contributed by atoms with Crippen LogP contribution < -0.4 is 20.7 Å². The molecular formula is C23H30N6O2. The van der Waals surface area contributed by atoms with E-state index in [0.717, 1.165) is 35.1 Å². The number of amidine groups is 1. The van der Waals surface area contributed by atoms with Crippen molar-refractivity contribution < 1.29 is 9.53 Å². The van der Waals surface area contributed by atoms with E-state index < -0.39 is 5.54 Å². The van der Waals surface area contributed by atoms with Crippen molar-refractivity contribution in [2.75, 3.05) is 30.8 Å². The number of hydrogen-bond acceptors (Lipinski definition) is 5. The number of nitrogens with one attached hydrogen (secondary N) is 3. The fourth-order valence-corrected chi connectivity index (χ4v) is 3.94. The third-order valence-electron chi connectivity index (χ3n) is 5.48. The first-order chi connectivity index (χ1) is 14.8. The molecule has 0 bridgehead atoms. The largest absolute Gasteiger partial charge is 0.497 e. The monoisotopic (exact) mass is 422 g/mol. The summed E-state index contributed by atoms with van der Waals surface area (Å²) in [5.74, 6) is 2.39. The zero-order chi connectivity index (χ0) is 22.1. The molecule has 1 aromatic carbocycles. The van der Waals surface area contributed by atoms with E-state index >= 15 is 0 Å². The van der Waals surface area contributed by atoms with Gasteiger partial charge in [0, 0.05) is 19.3 Å². The first kappa shape index (κ1) is 21.0. The zero-order valence-corrected chi connectivity index (χ0v) is 18.5. The number of carbonyl (C=O) groups is 1. The van der Waals surface area contributed by atoms with Crippen molar-refractivity contribution in [3.05, 3.63) is 48.2 Å². The summed E-state index contributed by atoms with van der Waals surface area (Å²) in [5.41, 5.74) is 1.24. The fraction of sp³-hybridized carbons (Fsp3) is 0.435. The molecule has 8 heteroatoms. The number of hydrogen-bond donors (Lipinski definition) is 3. The highest BCUT2D eigenvalue weighted by atomic mass is 16.5. The van der Waals surface area contributed by atoms with Crippen molar-refractivity contribution in [2.45, 2.75) is 44.8 Å². The highest BCUT2D eigenvalue weighted by molar-refractivity contribution is 6.09. The fourth-order valence-electron chi connectivity index (χ4n) is 3.94. The normalized spacial score (nSPS) is 21.4. The van der Waals surface area contributed by atoms with Gasteiger partial charge in [-0.2, -0.15) is 0 Å². The van der Waals surface area contributed by atoms with E-state index in [9.17, 15) is 4.79 Å². The molecule has 2 amide bonds. The van der Waals surface area contributed by atoms with Crippen molar-refractivity contribution in [2.24, 2.45) is 4.99 Å². The molecule has 1 aromatic heterocycles. The average molecular weight is 423 g/mol. The Labute approximate surface area is 183 Å². The van der Waals surface area contributed by atoms with Gasteiger partial charge in [0.1, 0.15) is 17.1 Å². The number of rotatable bonds is 3. The average Bonchev–Trinajstić information content (AvgIpc) is 3.17. The van der Waals surface area contributed by atoms with Crippen molar-refractivity contribution in [1.82, 2.24) is 15.2 Å². The molecule has 1 saturated heterocycles. The van der Waals surface area contributed by atoms with Gasteiger partial charge in [0.15, 0.2) is 5.82 Å². The van der Waals surface area contributed by atoms with Gasteiger partial charge in [-0.25, -0.2) is 9.78 Å². The molecule has 0 radical (unpaired) electrons. The standard InChI is InChI=1S/C23H30N6O2/c1-22(2,3)28-20-23(27-18-6-5-12-24-19(18)26-20)11-13-29(15-23)21(30)25-14-16-7-9-17(31-4)10-8-16/h5-10,12,27H,11,13-15H2,1-4H3,(H,25,30)(H,24,26,28). The van der Waals surface area contributed by atoms with Crippen molar-refractivity contribution >= 4 is 23.4 Å². The van der Waals surface area contributed by atoms with E-state index in [0.29, 0.717) is 19.6 Å². The zero-order valence-electron chi connectivity index (χ0n) is 18.5. The second-order valence-corrected chi connectivity index (χ2v) is 9.04. The number of urea groups is 1. The third-order valence-corrected chi connectivity index (χ3v) is 5.48. The molecule has 3 N–H and O–H groups in total. The Morgan fingerprint density at radius 3 is 2.77 bits per heavy atom. The molecule has 8 nitrogen and oxygen atoms in total. The molecule has 2 aliphatic rings. The van der Waals surface area contributed by atoms with Crippen molar-refractivity contribution in [3.63, 3.8) is 0 Å². The van der Waals surface area contributed by atoms with Crippen LogP contribution in [0.15, 0.2) is 47.6 Å². The Morgan fingerprint density at radius 2 is 2.06 bits per heavy atom. The van der Waals surface area contributed by atoms with Gasteiger partial charge in [-0.3, -0.25) is 4.99 Å². The summed E-state index contributed by atoms with van der Waals surface area (Å²) in [6.45, 7) is 7.83. The van der Waals surface area contributed by atoms with Crippen LogP contribution in [0.4, 0.5) is 16.3 Å². The van der Waals surface area contributed by atoms with Crippen LogP contribution in [0.25, 0.3) is 0 Å². The lowest BCUT2D eigenvalue weighted by Gasteiger charge is -2.39. The molecule has 3 heterocycles. The summed E-state index contributed by atoms with van der Waals surface area (Å²) in [7, 11) is 1.64. The van der Waals surface area contributed by atoms with E-state index in [2.05, 4.69) is 41.7 Å². The molecule has 1 atom stereocenters. The van der Waals surface area contributed by atoms with Gasteiger partial charge < -0.3 is 25.6 Å². The lowest BCUT2D eigenvalue weighted by Crippen LogP contribution is -2.56. The number of pyridine rings is 1. The predicted octanol–water partition coefficient (Wildman–Crippen LogP) is 3.48. The van der Waals surface area contributed by atoms with E-state index in [1.54, 1.807) is 13.3 Å². The Bertz CT molecular complexity index is 982. The number of aromatic nitrogens is 1. The lowest BCUT2D eigenvalue weighted by atomic mass is 9.93. The van der Waals surface area contributed by atoms with Gasteiger partial charge in [0.25, 0.3) is 0 Å². The van der Waals surface area contributed by atoms with Crippen LogP contribution in [-0.2, 0) is 6.54 Å². The summed E-state index contributed by atoms with van der Waals surface area (Å²) in [4.78, 5) is 24.1. The minimum atomic E-state index is -0.458. The SMILES string of the molecule is COc1ccc(CNC(=O)N2CCC3(C2)Nc2cccnc2NC3=NC(C)(C)C)cc1. The van der Waals surface area contributed by atoms with Gasteiger partial charge in [0.05, 0.1) is 24.9 Å². The van der Waals surface area contributed by atoms with Gasteiger partial charge in [0.2, 0.25) is 0 Å².